The Morgan fingerprint density at radius 2 is 1.84 bits per heavy atom. The third-order valence-corrected chi connectivity index (χ3v) is 5.06. The number of aliphatic imine (C=N–C) groups is 1. The maximum Gasteiger partial charge on any atom is 0.191 e. The third-order valence-electron chi connectivity index (χ3n) is 4.31. The molecule has 0 aliphatic carbocycles. The molecule has 4 nitrogen and oxygen atoms in total. The van der Waals surface area contributed by atoms with Crippen molar-refractivity contribution in [2.45, 2.75) is 58.0 Å². The highest BCUT2D eigenvalue weighted by Gasteiger charge is 2.06. The number of guanidine groups is 1. The lowest BCUT2D eigenvalue weighted by molar-refractivity contribution is 0.292. The van der Waals surface area contributed by atoms with E-state index in [1.807, 2.05) is 0 Å². The molecule has 0 radical (unpaired) electrons. The Hall–Kier alpha value is -1.20. The van der Waals surface area contributed by atoms with Gasteiger partial charge in [-0.05, 0) is 70.3 Å². The molecule has 0 amide bonds. The van der Waals surface area contributed by atoms with E-state index in [0.717, 1.165) is 32.0 Å². The molecule has 1 atom stereocenters. The fourth-order valence-corrected chi connectivity index (χ4v) is 3.10. The zero-order chi connectivity index (χ0) is 18.5. The van der Waals surface area contributed by atoms with Gasteiger partial charge in [-0.15, -0.1) is 11.8 Å². The molecule has 1 aromatic carbocycles. The summed E-state index contributed by atoms with van der Waals surface area (Å²) in [7, 11) is 0. The second-order valence-corrected chi connectivity index (χ2v) is 7.14. The zero-order valence-corrected chi connectivity index (χ0v) is 17.5. The molecule has 0 fully saturated rings. The molecule has 1 rings (SSSR count). The first kappa shape index (κ1) is 21.8. The maximum absolute atomic E-state index is 4.73. The van der Waals surface area contributed by atoms with Crippen molar-refractivity contribution in [3.8, 4) is 0 Å². The van der Waals surface area contributed by atoms with Crippen LogP contribution >= 0.6 is 11.8 Å². The van der Waals surface area contributed by atoms with Crippen LogP contribution in [0, 0.1) is 0 Å². The van der Waals surface area contributed by atoms with Crippen LogP contribution in [0.2, 0.25) is 0 Å². The Morgan fingerprint density at radius 3 is 2.40 bits per heavy atom. The number of nitrogens with one attached hydrogen (secondary N) is 2. The van der Waals surface area contributed by atoms with Gasteiger partial charge in [-0.2, -0.15) is 0 Å². The summed E-state index contributed by atoms with van der Waals surface area (Å²) in [6.07, 6.45) is 4.47. The van der Waals surface area contributed by atoms with Gasteiger partial charge in [0.2, 0.25) is 0 Å². The van der Waals surface area contributed by atoms with E-state index in [1.165, 1.54) is 23.4 Å². The summed E-state index contributed by atoms with van der Waals surface area (Å²) in [5, 5.41) is 6.89. The van der Waals surface area contributed by atoms with Crippen LogP contribution in [0.15, 0.2) is 34.2 Å². The first-order valence-electron chi connectivity index (χ1n) is 9.52. The number of nitrogens with zero attached hydrogens (tertiary/aromatic N) is 2. The topological polar surface area (TPSA) is 39.7 Å². The molecule has 25 heavy (non-hydrogen) atoms. The second-order valence-electron chi connectivity index (χ2n) is 6.26. The largest absolute Gasteiger partial charge is 0.357 e. The maximum atomic E-state index is 4.73. The normalized spacial score (nSPS) is 13.1. The molecule has 0 aliphatic rings. The fraction of sp³-hybridized carbons (Fsp3) is 0.650. The van der Waals surface area contributed by atoms with Crippen LogP contribution in [0.1, 0.15) is 46.1 Å². The molecule has 0 saturated carbocycles. The van der Waals surface area contributed by atoms with Crippen molar-refractivity contribution in [1.29, 1.82) is 0 Å². The van der Waals surface area contributed by atoms with Crippen molar-refractivity contribution in [3.05, 3.63) is 29.8 Å². The molecule has 2 N–H and O–H groups in total. The average Bonchev–Trinajstić information content (AvgIpc) is 2.64. The Labute approximate surface area is 158 Å². The molecule has 0 saturated heterocycles. The smallest absolute Gasteiger partial charge is 0.191 e. The van der Waals surface area contributed by atoms with E-state index >= 15 is 0 Å². The lowest BCUT2D eigenvalue weighted by Crippen LogP contribution is -2.42. The Balaban J connectivity index is 2.48. The van der Waals surface area contributed by atoms with Gasteiger partial charge in [0, 0.05) is 17.5 Å². The summed E-state index contributed by atoms with van der Waals surface area (Å²) in [6.45, 7) is 13.8. The van der Waals surface area contributed by atoms with Gasteiger partial charge in [0.15, 0.2) is 5.96 Å². The minimum absolute atomic E-state index is 0.423. The van der Waals surface area contributed by atoms with Crippen molar-refractivity contribution in [2.24, 2.45) is 4.99 Å². The van der Waals surface area contributed by atoms with Crippen LogP contribution in [0.3, 0.4) is 0 Å². The van der Waals surface area contributed by atoms with E-state index in [2.05, 4.69) is 73.7 Å². The first-order chi connectivity index (χ1) is 12.1. The standard InChI is InChI=1S/C20H36N4S/c1-6-21-20(22-16-18-11-13-19(25-5)14-12-18)23-17(4)10-9-15-24(7-2)8-3/h11-14,17H,6-10,15-16H2,1-5H3,(H2,21,22,23). The summed E-state index contributed by atoms with van der Waals surface area (Å²) in [5.41, 5.74) is 1.24. The second kappa shape index (κ2) is 13.1. The Morgan fingerprint density at radius 1 is 1.16 bits per heavy atom. The van der Waals surface area contributed by atoms with Gasteiger partial charge in [0.1, 0.15) is 0 Å². The molecule has 0 aliphatic heterocycles. The summed E-state index contributed by atoms with van der Waals surface area (Å²) in [4.78, 5) is 8.50. The quantitative estimate of drug-likeness (QED) is 0.354. The average molecular weight is 365 g/mol. The molecule has 0 heterocycles. The molecule has 1 unspecified atom stereocenters. The van der Waals surface area contributed by atoms with E-state index in [-0.39, 0.29) is 0 Å². The van der Waals surface area contributed by atoms with Crippen LogP contribution in [0.4, 0.5) is 0 Å². The van der Waals surface area contributed by atoms with E-state index in [9.17, 15) is 0 Å². The summed E-state index contributed by atoms with van der Waals surface area (Å²) >= 11 is 1.77. The highest BCUT2D eigenvalue weighted by atomic mass is 32.2. The van der Waals surface area contributed by atoms with Crippen molar-refractivity contribution in [2.75, 3.05) is 32.4 Å². The summed E-state index contributed by atoms with van der Waals surface area (Å²) < 4.78 is 0. The van der Waals surface area contributed by atoms with E-state index in [4.69, 9.17) is 4.99 Å². The van der Waals surface area contributed by atoms with Gasteiger partial charge >= 0.3 is 0 Å². The van der Waals surface area contributed by atoms with Crippen molar-refractivity contribution in [1.82, 2.24) is 15.5 Å². The Kier molecular flexibility index (Phi) is 11.4. The van der Waals surface area contributed by atoms with E-state index in [0.29, 0.717) is 12.6 Å². The van der Waals surface area contributed by atoms with Gasteiger partial charge in [0.05, 0.1) is 6.54 Å². The number of rotatable bonds is 11. The molecular formula is C20H36N4S. The van der Waals surface area contributed by atoms with Gasteiger partial charge in [-0.3, -0.25) is 0 Å². The summed E-state index contributed by atoms with van der Waals surface area (Å²) in [5.74, 6) is 0.909. The number of hydrogen-bond donors (Lipinski definition) is 2. The van der Waals surface area contributed by atoms with Gasteiger partial charge < -0.3 is 15.5 Å². The van der Waals surface area contributed by atoms with Crippen molar-refractivity contribution < 1.29 is 0 Å². The molecule has 0 bridgehead atoms. The molecule has 142 valence electrons. The zero-order valence-electron chi connectivity index (χ0n) is 16.6. The van der Waals surface area contributed by atoms with Gasteiger partial charge in [-0.1, -0.05) is 26.0 Å². The number of benzene rings is 1. The monoisotopic (exact) mass is 364 g/mol. The molecule has 5 heteroatoms. The highest BCUT2D eigenvalue weighted by molar-refractivity contribution is 7.98. The molecule has 0 aromatic heterocycles. The molecule has 1 aromatic rings. The summed E-state index contributed by atoms with van der Waals surface area (Å²) in [6, 6.07) is 9.06. The van der Waals surface area contributed by atoms with E-state index < -0.39 is 0 Å². The van der Waals surface area contributed by atoms with Gasteiger partial charge in [0.25, 0.3) is 0 Å². The van der Waals surface area contributed by atoms with Crippen LogP contribution in [0.25, 0.3) is 0 Å². The van der Waals surface area contributed by atoms with Gasteiger partial charge in [-0.25, -0.2) is 4.99 Å². The number of hydrogen-bond acceptors (Lipinski definition) is 3. The molecule has 0 spiro atoms. The van der Waals surface area contributed by atoms with E-state index in [1.54, 1.807) is 11.8 Å². The fourth-order valence-electron chi connectivity index (χ4n) is 2.69. The predicted molar refractivity (Wildman–Crippen MR) is 113 cm³/mol. The van der Waals surface area contributed by atoms with Crippen LogP contribution < -0.4 is 10.6 Å². The van der Waals surface area contributed by atoms with Crippen molar-refractivity contribution >= 4 is 17.7 Å². The lowest BCUT2D eigenvalue weighted by atomic mass is 10.2. The Bertz CT molecular complexity index is 483. The van der Waals surface area contributed by atoms with Crippen LogP contribution in [-0.2, 0) is 6.54 Å². The third kappa shape index (κ3) is 9.17. The highest BCUT2D eigenvalue weighted by Crippen LogP contribution is 2.15. The first-order valence-corrected chi connectivity index (χ1v) is 10.7. The minimum Gasteiger partial charge on any atom is -0.357 e. The van der Waals surface area contributed by atoms with Crippen molar-refractivity contribution in [3.63, 3.8) is 0 Å². The lowest BCUT2D eigenvalue weighted by Gasteiger charge is -2.21. The molecular weight excluding hydrogens is 328 g/mol. The van der Waals surface area contributed by atoms with Crippen LogP contribution in [-0.4, -0.2) is 49.3 Å². The predicted octanol–water partition coefficient (Wildman–Crippen LogP) is 3.97. The SMILES string of the molecule is CCNC(=NCc1ccc(SC)cc1)NC(C)CCCN(CC)CC. The number of thioether (sulfide) groups is 1. The van der Waals surface area contributed by atoms with Crippen LogP contribution in [0.5, 0.6) is 0 Å². The minimum atomic E-state index is 0.423.